The SMILES string of the molecule is CCO[C@@H]1[C@H](C)O[C@@H](O[C@H]2C[C@](O)(COC(=O)Nc3ccccc3)Cc3c(O)c4c(c(O)c32)C(=O)c2ccccc2C4=O)C[C@@H]1N. The normalized spacial score (nSPS) is 26.9. The number of nitrogens with two attached hydrogens (primary N) is 1. The second kappa shape index (κ2) is 12.5. The number of hydrogen-bond donors (Lipinski definition) is 5. The first-order valence-electron chi connectivity index (χ1n) is 15.2. The third kappa shape index (κ3) is 5.74. The molecule has 0 radical (unpaired) electrons. The van der Waals surface area contributed by atoms with Crippen molar-refractivity contribution in [3.63, 3.8) is 0 Å². The maximum atomic E-state index is 13.6. The number of rotatable bonds is 7. The van der Waals surface area contributed by atoms with Gasteiger partial charge < -0.3 is 40.0 Å². The monoisotopic (exact) mass is 632 g/mol. The van der Waals surface area contributed by atoms with Crippen LogP contribution in [-0.4, -0.2) is 76.3 Å². The van der Waals surface area contributed by atoms with Crippen LogP contribution < -0.4 is 11.1 Å². The zero-order chi connectivity index (χ0) is 32.7. The lowest BCUT2D eigenvalue weighted by Gasteiger charge is -2.43. The molecule has 6 atom stereocenters. The lowest BCUT2D eigenvalue weighted by atomic mass is 9.73. The number of anilines is 1. The van der Waals surface area contributed by atoms with Gasteiger partial charge in [-0.1, -0.05) is 42.5 Å². The van der Waals surface area contributed by atoms with Gasteiger partial charge in [-0.25, -0.2) is 4.79 Å². The third-order valence-corrected chi connectivity index (χ3v) is 8.74. The maximum absolute atomic E-state index is 13.6. The average Bonchev–Trinajstić information content (AvgIpc) is 3.03. The molecule has 46 heavy (non-hydrogen) atoms. The molecule has 2 aliphatic carbocycles. The number of carbonyl (C=O) groups is 3. The van der Waals surface area contributed by atoms with E-state index in [0.717, 1.165) is 0 Å². The van der Waals surface area contributed by atoms with Gasteiger partial charge in [-0.05, 0) is 26.0 Å². The number of benzene rings is 3. The summed E-state index contributed by atoms with van der Waals surface area (Å²) < 4.78 is 23.5. The summed E-state index contributed by atoms with van der Waals surface area (Å²) in [6, 6.07) is 14.3. The van der Waals surface area contributed by atoms with Crippen molar-refractivity contribution in [2.24, 2.45) is 5.73 Å². The number of hydrogen-bond acceptors (Lipinski definition) is 11. The van der Waals surface area contributed by atoms with Crippen molar-refractivity contribution < 1.29 is 48.7 Å². The number of ether oxygens (including phenoxy) is 4. The minimum atomic E-state index is -1.82. The first kappa shape index (κ1) is 31.6. The Hall–Kier alpha value is -4.33. The highest BCUT2D eigenvalue weighted by atomic mass is 16.7. The molecule has 12 heteroatoms. The van der Waals surface area contributed by atoms with Crippen molar-refractivity contribution in [2.75, 3.05) is 18.5 Å². The summed E-state index contributed by atoms with van der Waals surface area (Å²) in [5.41, 5.74) is 4.55. The van der Waals surface area contributed by atoms with Crippen LogP contribution in [0.3, 0.4) is 0 Å². The Labute approximate surface area is 265 Å². The highest BCUT2D eigenvalue weighted by Gasteiger charge is 2.48. The number of phenols is 2. The number of aliphatic hydroxyl groups is 1. The van der Waals surface area contributed by atoms with Crippen LogP contribution in [0.15, 0.2) is 54.6 Å². The van der Waals surface area contributed by atoms with Gasteiger partial charge >= 0.3 is 6.09 Å². The standard InChI is InChI=1S/C34H36N2O10/c1-3-43-32-17(2)45-24(13-22(32)35)46-23-15-34(42,16-44-33(41)36-18-9-5-4-6-10-18)14-21-25(23)31(40)27-26(30(21)39)28(37)19-11-7-8-12-20(19)29(27)38/h4-12,17,22-24,32,39-40,42H,3,13-16,35H2,1-2H3,(H,36,41)/t17-,22-,23-,24-,32+,34-/m0/s1. The molecule has 12 nitrogen and oxygen atoms in total. The van der Waals surface area contributed by atoms with E-state index in [-0.39, 0.29) is 58.7 Å². The Morgan fingerprint density at radius 3 is 2.28 bits per heavy atom. The topological polar surface area (TPSA) is 187 Å². The summed E-state index contributed by atoms with van der Waals surface area (Å²) in [5.74, 6) is -2.39. The number of carbonyl (C=O) groups excluding carboxylic acids is 3. The number of fused-ring (bicyclic) bond motifs is 3. The number of para-hydroxylation sites is 1. The summed E-state index contributed by atoms with van der Waals surface area (Å²) >= 11 is 0. The van der Waals surface area contributed by atoms with Gasteiger partial charge in [0, 0.05) is 59.9 Å². The molecule has 6 rings (SSSR count). The van der Waals surface area contributed by atoms with Gasteiger partial charge in [-0.2, -0.15) is 0 Å². The highest BCUT2D eigenvalue weighted by Crippen LogP contribution is 2.52. The van der Waals surface area contributed by atoms with Crippen molar-refractivity contribution in [3.8, 4) is 11.5 Å². The van der Waals surface area contributed by atoms with Crippen LogP contribution >= 0.6 is 0 Å². The smallest absolute Gasteiger partial charge is 0.411 e. The van der Waals surface area contributed by atoms with E-state index in [0.29, 0.717) is 12.3 Å². The largest absolute Gasteiger partial charge is 0.507 e. The van der Waals surface area contributed by atoms with E-state index in [1.54, 1.807) is 49.4 Å². The Balaban J connectivity index is 1.36. The first-order chi connectivity index (χ1) is 22.0. The van der Waals surface area contributed by atoms with Crippen LogP contribution in [0.2, 0.25) is 0 Å². The molecule has 3 aromatic carbocycles. The molecule has 0 spiro atoms. The molecule has 3 aromatic rings. The summed E-state index contributed by atoms with van der Waals surface area (Å²) in [6.45, 7) is 3.56. The number of amides is 1. The fourth-order valence-electron chi connectivity index (χ4n) is 6.66. The van der Waals surface area contributed by atoms with Crippen LogP contribution in [0.25, 0.3) is 0 Å². The molecule has 0 aromatic heterocycles. The lowest BCUT2D eigenvalue weighted by molar-refractivity contribution is -0.254. The molecular formula is C34H36N2O10. The predicted octanol–water partition coefficient (Wildman–Crippen LogP) is 3.72. The van der Waals surface area contributed by atoms with E-state index in [1.165, 1.54) is 12.1 Å². The quantitative estimate of drug-likeness (QED) is 0.187. The van der Waals surface area contributed by atoms with Crippen molar-refractivity contribution in [2.45, 2.75) is 69.4 Å². The van der Waals surface area contributed by atoms with Gasteiger partial charge in [0.2, 0.25) is 0 Å². The van der Waals surface area contributed by atoms with Gasteiger partial charge in [0.1, 0.15) is 23.7 Å². The molecular weight excluding hydrogens is 596 g/mol. The zero-order valence-corrected chi connectivity index (χ0v) is 25.4. The van der Waals surface area contributed by atoms with Crippen LogP contribution in [0.1, 0.15) is 75.8 Å². The fourth-order valence-corrected chi connectivity index (χ4v) is 6.66. The molecule has 1 amide bonds. The summed E-state index contributed by atoms with van der Waals surface area (Å²) in [5, 5.41) is 37.7. The zero-order valence-electron chi connectivity index (χ0n) is 25.4. The molecule has 0 unspecified atom stereocenters. The van der Waals surface area contributed by atoms with Gasteiger partial charge in [0.05, 0.1) is 29.4 Å². The fraction of sp³-hybridized carbons (Fsp3) is 0.382. The van der Waals surface area contributed by atoms with E-state index in [1.807, 2.05) is 6.92 Å². The Morgan fingerprint density at radius 1 is 1.02 bits per heavy atom. The van der Waals surface area contributed by atoms with Crippen LogP contribution in [-0.2, 0) is 25.4 Å². The lowest BCUT2D eigenvalue weighted by Crippen LogP contribution is -2.53. The summed E-state index contributed by atoms with van der Waals surface area (Å²) in [6.07, 6.45) is -4.09. The molecule has 242 valence electrons. The maximum Gasteiger partial charge on any atom is 0.411 e. The van der Waals surface area contributed by atoms with Crippen molar-refractivity contribution in [3.05, 3.63) is 88.0 Å². The van der Waals surface area contributed by atoms with Crippen LogP contribution in [0, 0.1) is 0 Å². The van der Waals surface area contributed by atoms with Gasteiger partial charge in [0.15, 0.2) is 17.9 Å². The molecule has 0 saturated carbocycles. The second-order valence-electron chi connectivity index (χ2n) is 11.9. The van der Waals surface area contributed by atoms with Crippen molar-refractivity contribution in [1.82, 2.24) is 0 Å². The van der Waals surface area contributed by atoms with E-state index < -0.39 is 65.9 Å². The van der Waals surface area contributed by atoms with Crippen LogP contribution in [0.5, 0.6) is 11.5 Å². The molecule has 1 fully saturated rings. The molecule has 0 bridgehead atoms. The van der Waals surface area contributed by atoms with Crippen molar-refractivity contribution in [1.29, 1.82) is 0 Å². The Kier molecular flexibility index (Phi) is 8.57. The molecule has 6 N–H and O–H groups in total. The number of phenolic OH excluding ortho intramolecular Hbond substituents is 2. The van der Waals surface area contributed by atoms with E-state index in [9.17, 15) is 29.7 Å². The van der Waals surface area contributed by atoms with Crippen LogP contribution in [0.4, 0.5) is 10.5 Å². The third-order valence-electron chi connectivity index (χ3n) is 8.74. The second-order valence-corrected chi connectivity index (χ2v) is 11.9. The van der Waals surface area contributed by atoms with Gasteiger partial charge in [-0.3, -0.25) is 14.9 Å². The minimum Gasteiger partial charge on any atom is -0.507 e. The van der Waals surface area contributed by atoms with Gasteiger partial charge in [-0.15, -0.1) is 0 Å². The molecule has 1 saturated heterocycles. The minimum absolute atomic E-state index is 0.0112. The Bertz CT molecular complexity index is 1670. The van der Waals surface area contributed by atoms with E-state index in [2.05, 4.69) is 5.32 Å². The molecule has 1 heterocycles. The van der Waals surface area contributed by atoms with E-state index >= 15 is 0 Å². The highest BCUT2D eigenvalue weighted by molar-refractivity contribution is 6.30. The number of nitrogens with one attached hydrogen (secondary N) is 1. The molecule has 3 aliphatic rings. The summed E-state index contributed by atoms with van der Waals surface area (Å²) in [4.78, 5) is 39.8. The number of ketones is 2. The first-order valence-corrected chi connectivity index (χ1v) is 15.2. The van der Waals surface area contributed by atoms with E-state index in [4.69, 9.17) is 24.7 Å². The average molecular weight is 633 g/mol. The Morgan fingerprint density at radius 2 is 1.65 bits per heavy atom. The van der Waals surface area contributed by atoms with Gasteiger partial charge in [0.25, 0.3) is 0 Å². The molecule has 1 aliphatic heterocycles. The predicted molar refractivity (Wildman–Crippen MR) is 164 cm³/mol. The summed E-state index contributed by atoms with van der Waals surface area (Å²) in [7, 11) is 0. The number of aromatic hydroxyl groups is 2. The van der Waals surface area contributed by atoms with Crippen molar-refractivity contribution >= 4 is 23.3 Å².